The summed E-state index contributed by atoms with van der Waals surface area (Å²) in [6.07, 6.45) is 10.8. The zero-order chi connectivity index (χ0) is 10.6. The molecule has 0 saturated carbocycles. The largest absolute Gasteiger partial charge is 0.311 e. The molecule has 0 saturated heterocycles. The zero-order valence-corrected chi connectivity index (χ0v) is 10.3. The molecule has 0 bridgehead atoms. The van der Waals surface area contributed by atoms with Gasteiger partial charge in [-0.25, -0.2) is 0 Å². The Morgan fingerprint density at radius 3 is 2.64 bits per heavy atom. The van der Waals surface area contributed by atoms with E-state index >= 15 is 0 Å². The Labute approximate surface area is 93.9 Å². The van der Waals surface area contributed by atoms with E-state index in [0.29, 0.717) is 11.9 Å². The smallest absolute Gasteiger partial charge is 0.0404 e. The number of nitrogens with one attached hydrogen (secondary N) is 1. The van der Waals surface area contributed by atoms with Gasteiger partial charge in [0.25, 0.3) is 0 Å². The highest BCUT2D eigenvalue weighted by molar-refractivity contribution is 6.18. The summed E-state index contributed by atoms with van der Waals surface area (Å²) in [4.78, 5) is 0. The molecule has 14 heavy (non-hydrogen) atoms. The summed E-state index contributed by atoms with van der Waals surface area (Å²) in [7, 11) is 0. The van der Waals surface area contributed by atoms with Gasteiger partial charge in [0.2, 0.25) is 0 Å². The van der Waals surface area contributed by atoms with Crippen molar-refractivity contribution in [2.75, 3.05) is 12.4 Å². The topological polar surface area (TPSA) is 12.0 Å². The third-order valence-corrected chi connectivity index (χ3v) is 2.51. The molecular weight excluding hydrogens is 194 g/mol. The van der Waals surface area contributed by atoms with Crippen molar-refractivity contribution in [3.05, 3.63) is 12.2 Å². The molecular formula is C12H24ClN. The molecule has 0 aromatic rings. The molecule has 0 fully saturated rings. The van der Waals surface area contributed by atoms with Crippen LogP contribution in [0.1, 0.15) is 46.0 Å². The maximum Gasteiger partial charge on any atom is 0.0404 e. The summed E-state index contributed by atoms with van der Waals surface area (Å²) >= 11 is 5.52. The van der Waals surface area contributed by atoms with E-state index in [0.717, 1.165) is 6.54 Å². The molecule has 0 spiro atoms. The van der Waals surface area contributed by atoms with Crippen molar-refractivity contribution in [1.29, 1.82) is 0 Å². The number of alkyl halides is 1. The van der Waals surface area contributed by atoms with Gasteiger partial charge in [-0.05, 0) is 13.3 Å². The minimum atomic E-state index is 0.618. The van der Waals surface area contributed by atoms with E-state index in [4.69, 9.17) is 11.6 Å². The van der Waals surface area contributed by atoms with E-state index in [1.165, 1.54) is 32.1 Å². The van der Waals surface area contributed by atoms with Crippen LogP contribution in [-0.2, 0) is 0 Å². The highest BCUT2D eigenvalue weighted by atomic mass is 35.5. The van der Waals surface area contributed by atoms with Crippen LogP contribution >= 0.6 is 11.6 Å². The van der Waals surface area contributed by atoms with E-state index in [1.807, 2.05) is 6.08 Å². The molecule has 1 unspecified atom stereocenters. The Hall–Kier alpha value is -0.0100. The Morgan fingerprint density at radius 1 is 1.21 bits per heavy atom. The second-order valence-electron chi connectivity index (χ2n) is 3.78. The molecule has 0 rings (SSSR count). The monoisotopic (exact) mass is 217 g/mol. The summed E-state index contributed by atoms with van der Waals surface area (Å²) in [6, 6.07) is 0.631. The minimum Gasteiger partial charge on any atom is -0.311 e. The summed E-state index contributed by atoms with van der Waals surface area (Å²) in [6.45, 7) is 5.45. The van der Waals surface area contributed by atoms with Crippen LogP contribution in [0.15, 0.2) is 12.2 Å². The molecule has 0 aliphatic heterocycles. The molecule has 0 heterocycles. The van der Waals surface area contributed by atoms with Gasteiger partial charge in [-0.15, -0.1) is 11.6 Å². The molecule has 1 N–H and O–H groups in total. The Balaban J connectivity index is 3.19. The normalized spacial score (nSPS) is 13.6. The fraction of sp³-hybridized carbons (Fsp3) is 0.833. The predicted molar refractivity (Wildman–Crippen MR) is 66.1 cm³/mol. The van der Waals surface area contributed by atoms with Crippen molar-refractivity contribution in [2.24, 2.45) is 0 Å². The van der Waals surface area contributed by atoms with Crippen molar-refractivity contribution < 1.29 is 0 Å². The average Bonchev–Trinajstić information content (AvgIpc) is 2.19. The molecule has 0 aliphatic rings. The Kier molecular flexibility index (Phi) is 11.1. The third kappa shape index (κ3) is 10.1. The van der Waals surface area contributed by atoms with E-state index in [-0.39, 0.29) is 0 Å². The average molecular weight is 218 g/mol. The summed E-state index contributed by atoms with van der Waals surface area (Å²) in [5.74, 6) is 0.618. The van der Waals surface area contributed by atoms with Crippen LogP contribution in [0.4, 0.5) is 0 Å². The van der Waals surface area contributed by atoms with E-state index in [1.54, 1.807) is 0 Å². The number of hydrogen-bond donors (Lipinski definition) is 1. The van der Waals surface area contributed by atoms with E-state index in [9.17, 15) is 0 Å². The first-order valence-corrected chi connectivity index (χ1v) is 6.29. The maximum absolute atomic E-state index is 5.52. The van der Waals surface area contributed by atoms with Gasteiger partial charge in [0, 0.05) is 18.5 Å². The molecule has 0 amide bonds. The molecule has 0 aromatic heterocycles. The third-order valence-electron chi connectivity index (χ3n) is 2.33. The molecule has 1 atom stereocenters. The van der Waals surface area contributed by atoms with E-state index < -0.39 is 0 Å². The summed E-state index contributed by atoms with van der Waals surface area (Å²) in [5, 5.41) is 3.45. The number of rotatable bonds is 9. The van der Waals surface area contributed by atoms with Crippen LogP contribution in [-0.4, -0.2) is 18.5 Å². The predicted octanol–water partition coefficient (Wildman–Crippen LogP) is 3.73. The van der Waals surface area contributed by atoms with Crippen LogP contribution in [0, 0.1) is 0 Å². The molecule has 84 valence electrons. The van der Waals surface area contributed by atoms with Crippen molar-refractivity contribution in [3.8, 4) is 0 Å². The van der Waals surface area contributed by atoms with Crippen LogP contribution < -0.4 is 5.32 Å². The first kappa shape index (κ1) is 14.0. The number of halogens is 1. The molecule has 0 aliphatic carbocycles. The van der Waals surface area contributed by atoms with Gasteiger partial charge in [0.1, 0.15) is 0 Å². The standard InChI is InChI=1S/C12H24ClN/c1-3-4-5-6-9-12(2)14-11-8-7-10-13/h7-8,12,14H,3-6,9-11H2,1-2H3/b8-7+. The van der Waals surface area contributed by atoms with Gasteiger partial charge < -0.3 is 5.32 Å². The van der Waals surface area contributed by atoms with Gasteiger partial charge in [0.05, 0.1) is 0 Å². The molecule has 0 radical (unpaired) electrons. The number of unbranched alkanes of at least 4 members (excludes halogenated alkanes) is 3. The van der Waals surface area contributed by atoms with Gasteiger partial charge in [-0.1, -0.05) is 44.8 Å². The fourth-order valence-electron chi connectivity index (χ4n) is 1.39. The Bertz CT molecular complexity index is 134. The lowest BCUT2D eigenvalue weighted by Crippen LogP contribution is -2.25. The lowest BCUT2D eigenvalue weighted by Gasteiger charge is -2.11. The van der Waals surface area contributed by atoms with Crippen LogP contribution in [0.2, 0.25) is 0 Å². The van der Waals surface area contributed by atoms with Crippen molar-refractivity contribution in [1.82, 2.24) is 5.32 Å². The first-order valence-electron chi connectivity index (χ1n) is 5.75. The molecule has 0 aromatic carbocycles. The summed E-state index contributed by atoms with van der Waals surface area (Å²) < 4.78 is 0. The van der Waals surface area contributed by atoms with Gasteiger partial charge in [0.15, 0.2) is 0 Å². The van der Waals surface area contributed by atoms with Crippen LogP contribution in [0.25, 0.3) is 0 Å². The van der Waals surface area contributed by atoms with Gasteiger partial charge in [-0.3, -0.25) is 0 Å². The molecule has 2 heteroatoms. The highest BCUT2D eigenvalue weighted by Gasteiger charge is 1.98. The quantitative estimate of drug-likeness (QED) is 0.353. The number of allylic oxidation sites excluding steroid dienone is 1. The summed E-state index contributed by atoms with van der Waals surface area (Å²) in [5.41, 5.74) is 0. The fourth-order valence-corrected chi connectivity index (χ4v) is 1.52. The number of hydrogen-bond acceptors (Lipinski definition) is 1. The second-order valence-corrected chi connectivity index (χ2v) is 4.09. The lowest BCUT2D eigenvalue weighted by molar-refractivity contribution is 0.503. The van der Waals surface area contributed by atoms with Crippen molar-refractivity contribution in [2.45, 2.75) is 52.0 Å². The van der Waals surface area contributed by atoms with Crippen molar-refractivity contribution >= 4 is 11.6 Å². The molecule has 1 nitrogen and oxygen atoms in total. The van der Waals surface area contributed by atoms with Crippen LogP contribution in [0.3, 0.4) is 0 Å². The zero-order valence-electron chi connectivity index (χ0n) is 9.56. The maximum atomic E-state index is 5.52. The minimum absolute atomic E-state index is 0.618. The van der Waals surface area contributed by atoms with Crippen molar-refractivity contribution in [3.63, 3.8) is 0 Å². The van der Waals surface area contributed by atoms with Gasteiger partial charge in [-0.2, -0.15) is 0 Å². The lowest BCUT2D eigenvalue weighted by atomic mass is 10.1. The van der Waals surface area contributed by atoms with Crippen LogP contribution in [0.5, 0.6) is 0 Å². The highest BCUT2D eigenvalue weighted by Crippen LogP contribution is 2.04. The first-order chi connectivity index (χ1) is 6.81. The Morgan fingerprint density at radius 2 is 2.00 bits per heavy atom. The van der Waals surface area contributed by atoms with E-state index in [2.05, 4.69) is 25.2 Å². The SMILES string of the molecule is CCCCCCC(C)NC/C=C/CCl. The second kappa shape index (κ2) is 11.1. The van der Waals surface area contributed by atoms with Gasteiger partial charge >= 0.3 is 0 Å².